The number of aliphatic carboxylic acids is 1. The van der Waals surface area contributed by atoms with Gasteiger partial charge in [-0.3, -0.25) is 4.79 Å². The van der Waals surface area contributed by atoms with Crippen molar-refractivity contribution in [1.82, 2.24) is 6.15 Å². The Balaban J connectivity index is 0. The second kappa shape index (κ2) is 4.92. The van der Waals surface area contributed by atoms with Gasteiger partial charge in [-0.05, 0) is 0 Å². The van der Waals surface area contributed by atoms with E-state index in [1.165, 1.54) is 6.07 Å². The van der Waals surface area contributed by atoms with Crippen LogP contribution in [0.1, 0.15) is 6.42 Å². The number of hydrogen-bond donors (Lipinski definition) is 2. The van der Waals surface area contributed by atoms with Gasteiger partial charge in [0, 0.05) is 0 Å². The summed E-state index contributed by atoms with van der Waals surface area (Å²) in [6, 6.07) is 1.47. The standard InChI is InChI=1S/C3H3NO2.H3N/c4-2-1-3(5)6;/h1H2,(H,5,6);1H3. The molecule has 0 unspecified atom stereocenters. The van der Waals surface area contributed by atoms with Gasteiger partial charge < -0.3 is 11.3 Å². The molecule has 0 bridgehead atoms. The first-order valence-corrected chi connectivity index (χ1v) is 1.36. The van der Waals surface area contributed by atoms with E-state index >= 15 is 0 Å². The maximum Gasteiger partial charge on any atom is 0.317 e. The topological polar surface area (TPSA) is 96.1 Å². The number of carbonyl (C=O) groups is 1. The van der Waals surface area contributed by atoms with Crippen molar-refractivity contribution >= 4 is 5.97 Å². The molecule has 4 heteroatoms. The fourth-order valence-corrected chi connectivity index (χ4v) is 0.0676. The molecule has 0 atom stereocenters. The Morgan fingerprint density at radius 1 is 1.86 bits per heavy atom. The predicted octanol–water partition coefficient (Wildman–Crippen LogP) is 0.147. The first-order chi connectivity index (χ1) is 2.77. The first-order valence-electron chi connectivity index (χ1n) is 1.36. The molecule has 0 amide bonds. The second-order valence-electron chi connectivity index (χ2n) is 0.729. The Kier molecular flexibility index (Phi) is 6.55. The third-order valence-corrected chi connectivity index (χ3v) is 0.230. The van der Waals surface area contributed by atoms with Crippen LogP contribution in [-0.2, 0) is 4.79 Å². The van der Waals surface area contributed by atoms with Gasteiger partial charge in [0.2, 0.25) is 0 Å². The monoisotopic (exact) mass is 102 g/mol. The van der Waals surface area contributed by atoms with E-state index in [4.69, 9.17) is 10.4 Å². The number of rotatable bonds is 1. The minimum atomic E-state index is -1.07. The third-order valence-electron chi connectivity index (χ3n) is 0.230. The lowest BCUT2D eigenvalue weighted by molar-refractivity contribution is -0.135. The maximum atomic E-state index is 9.38. The van der Waals surface area contributed by atoms with Gasteiger partial charge in [0.25, 0.3) is 0 Å². The molecule has 0 aliphatic carbocycles. The van der Waals surface area contributed by atoms with Crippen LogP contribution >= 0.6 is 0 Å². The average molecular weight is 102 g/mol. The highest BCUT2D eigenvalue weighted by molar-refractivity contribution is 5.69. The van der Waals surface area contributed by atoms with Crippen molar-refractivity contribution in [3.63, 3.8) is 0 Å². The number of carboxylic acids is 1. The van der Waals surface area contributed by atoms with Crippen molar-refractivity contribution in [2.75, 3.05) is 0 Å². The normalized spacial score (nSPS) is 5.57. The van der Waals surface area contributed by atoms with E-state index in [2.05, 4.69) is 0 Å². The summed E-state index contributed by atoms with van der Waals surface area (Å²) in [5.74, 6) is -1.07. The lowest BCUT2D eigenvalue weighted by Crippen LogP contribution is -1.88. The van der Waals surface area contributed by atoms with Gasteiger partial charge in [-0.15, -0.1) is 0 Å². The van der Waals surface area contributed by atoms with Crippen LogP contribution in [-0.4, -0.2) is 11.1 Å². The van der Waals surface area contributed by atoms with E-state index in [0.717, 1.165) is 0 Å². The van der Waals surface area contributed by atoms with E-state index in [1.54, 1.807) is 0 Å². The van der Waals surface area contributed by atoms with Crippen molar-refractivity contribution in [3.05, 3.63) is 0 Å². The molecule has 0 rings (SSSR count). The lowest BCUT2D eigenvalue weighted by Gasteiger charge is -1.70. The Labute approximate surface area is 41.0 Å². The molecule has 0 radical (unpaired) electrons. The molecular weight excluding hydrogens is 96.0 g/mol. The second-order valence-corrected chi connectivity index (χ2v) is 0.729. The van der Waals surface area contributed by atoms with E-state index in [-0.39, 0.29) is 6.15 Å². The minimum absolute atomic E-state index is 0. The SMILES string of the molecule is N.N#CCC(=O)O. The quantitative estimate of drug-likeness (QED) is 0.492. The molecule has 0 aromatic heterocycles. The molecule has 0 saturated heterocycles. The Morgan fingerprint density at radius 2 is 2.29 bits per heavy atom. The zero-order valence-electron chi connectivity index (χ0n) is 3.72. The fraction of sp³-hybridized carbons (Fsp3) is 0.333. The van der Waals surface area contributed by atoms with Gasteiger partial charge in [0.15, 0.2) is 0 Å². The van der Waals surface area contributed by atoms with Gasteiger partial charge >= 0.3 is 5.97 Å². The summed E-state index contributed by atoms with van der Waals surface area (Å²) in [6.45, 7) is 0. The van der Waals surface area contributed by atoms with Crippen LogP contribution in [0, 0.1) is 11.3 Å². The summed E-state index contributed by atoms with van der Waals surface area (Å²) >= 11 is 0. The van der Waals surface area contributed by atoms with Crippen molar-refractivity contribution in [2.45, 2.75) is 6.42 Å². The van der Waals surface area contributed by atoms with Crippen molar-refractivity contribution in [2.24, 2.45) is 0 Å². The molecule has 40 valence electrons. The molecular formula is C3H6N2O2. The Bertz CT molecular complexity index is 93.6. The summed E-state index contributed by atoms with van der Waals surface area (Å²) in [7, 11) is 0. The summed E-state index contributed by atoms with van der Waals surface area (Å²) in [5.41, 5.74) is 0. The molecule has 0 saturated carbocycles. The van der Waals surface area contributed by atoms with Crippen LogP contribution in [0.3, 0.4) is 0 Å². The molecule has 7 heavy (non-hydrogen) atoms. The highest BCUT2D eigenvalue weighted by Crippen LogP contribution is 1.68. The summed E-state index contributed by atoms with van der Waals surface area (Å²) in [4.78, 5) is 9.38. The highest BCUT2D eigenvalue weighted by atomic mass is 16.4. The Hall–Kier alpha value is -1.08. The molecule has 0 aliphatic rings. The van der Waals surface area contributed by atoms with Crippen LogP contribution in [0.15, 0.2) is 0 Å². The zero-order valence-corrected chi connectivity index (χ0v) is 3.72. The van der Waals surface area contributed by atoms with Crippen LogP contribution in [0.5, 0.6) is 0 Å². The van der Waals surface area contributed by atoms with E-state index in [1.807, 2.05) is 0 Å². The van der Waals surface area contributed by atoms with Crippen LogP contribution in [0.25, 0.3) is 0 Å². The number of hydrogen-bond acceptors (Lipinski definition) is 3. The highest BCUT2D eigenvalue weighted by Gasteiger charge is 1.87. The van der Waals surface area contributed by atoms with E-state index in [0.29, 0.717) is 0 Å². The third kappa shape index (κ3) is 11.4. The van der Waals surface area contributed by atoms with Gasteiger partial charge in [0.05, 0.1) is 6.07 Å². The molecule has 0 aromatic carbocycles. The maximum absolute atomic E-state index is 9.38. The van der Waals surface area contributed by atoms with E-state index in [9.17, 15) is 4.79 Å². The number of nitriles is 1. The minimum Gasteiger partial charge on any atom is -0.480 e. The fourth-order valence-electron chi connectivity index (χ4n) is 0.0676. The van der Waals surface area contributed by atoms with Gasteiger partial charge in [-0.2, -0.15) is 5.26 Å². The van der Waals surface area contributed by atoms with Crippen LogP contribution < -0.4 is 6.15 Å². The summed E-state index contributed by atoms with van der Waals surface area (Å²) in [5, 5.41) is 15.3. The smallest absolute Gasteiger partial charge is 0.317 e. The van der Waals surface area contributed by atoms with Crippen LogP contribution in [0.4, 0.5) is 0 Å². The number of carboxylic acid groups (broad SMARTS) is 1. The van der Waals surface area contributed by atoms with Crippen molar-refractivity contribution in [3.8, 4) is 6.07 Å². The largest absolute Gasteiger partial charge is 0.480 e. The molecule has 0 heterocycles. The number of nitrogens with zero attached hydrogens (tertiary/aromatic N) is 1. The molecule has 4 N–H and O–H groups in total. The Morgan fingerprint density at radius 3 is 2.29 bits per heavy atom. The zero-order chi connectivity index (χ0) is 4.99. The van der Waals surface area contributed by atoms with Gasteiger partial charge in [-0.1, -0.05) is 0 Å². The summed E-state index contributed by atoms with van der Waals surface area (Å²) < 4.78 is 0. The molecule has 0 aliphatic heterocycles. The summed E-state index contributed by atoms with van der Waals surface area (Å²) in [6.07, 6.45) is -0.403. The lowest BCUT2D eigenvalue weighted by atomic mass is 10.5. The molecule has 0 fully saturated rings. The first kappa shape index (κ1) is 9.33. The molecule has 0 aromatic rings. The van der Waals surface area contributed by atoms with Crippen LogP contribution in [0.2, 0.25) is 0 Å². The van der Waals surface area contributed by atoms with Gasteiger partial charge in [0.1, 0.15) is 6.42 Å². The van der Waals surface area contributed by atoms with Crippen molar-refractivity contribution < 1.29 is 9.90 Å². The van der Waals surface area contributed by atoms with Crippen molar-refractivity contribution in [1.29, 1.82) is 5.26 Å². The molecule has 4 nitrogen and oxygen atoms in total. The predicted molar refractivity (Wildman–Crippen MR) is 22.9 cm³/mol. The average Bonchev–Trinajstić information content (AvgIpc) is 1.35. The molecule has 0 spiro atoms. The van der Waals surface area contributed by atoms with E-state index < -0.39 is 12.4 Å². The van der Waals surface area contributed by atoms with Gasteiger partial charge in [-0.25, -0.2) is 0 Å².